The summed E-state index contributed by atoms with van der Waals surface area (Å²) in [5.74, 6) is 0.498. The first-order valence-corrected chi connectivity index (χ1v) is 11.2. The number of cyclic esters (lactones) is 1. The predicted molar refractivity (Wildman–Crippen MR) is 121 cm³/mol. The Kier molecular flexibility index (Phi) is 9.28. The summed E-state index contributed by atoms with van der Waals surface area (Å²) in [6, 6.07) is 9.06. The molecule has 1 aromatic rings. The molecule has 1 aliphatic rings. The second-order valence-corrected chi connectivity index (χ2v) is 8.75. The van der Waals surface area contributed by atoms with Crippen LogP contribution in [0.4, 0.5) is 4.79 Å². The Morgan fingerprint density at radius 2 is 1.90 bits per heavy atom. The molecule has 1 saturated heterocycles. The summed E-state index contributed by atoms with van der Waals surface area (Å²) in [5, 5.41) is 0. The number of nitrogens with zero attached hydrogens (tertiary/aromatic N) is 2. The van der Waals surface area contributed by atoms with Crippen LogP contribution >= 0.6 is 0 Å². The van der Waals surface area contributed by atoms with E-state index in [2.05, 4.69) is 13.8 Å². The van der Waals surface area contributed by atoms with Gasteiger partial charge in [-0.15, -0.1) is 0 Å². The van der Waals surface area contributed by atoms with Crippen LogP contribution in [-0.2, 0) is 14.3 Å². The number of carbonyl (C=O) groups is 3. The zero-order chi connectivity index (χ0) is 23.0. The van der Waals surface area contributed by atoms with Gasteiger partial charge in [0.25, 0.3) is 5.91 Å². The Morgan fingerprint density at radius 3 is 2.55 bits per heavy atom. The van der Waals surface area contributed by atoms with E-state index in [1.165, 1.54) is 11.0 Å². The first-order chi connectivity index (χ1) is 14.7. The minimum absolute atomic E-state index is 0.0603. The van der Waals surface area contributed by atoms with E-state index in [-0.39, 0.29) is 30.3 Å². The number of amides is 3. The van der Waals surface area contributed by atoms with Crippen molar-refractivity contribution in [3.8, 4) is 0 Å². The number of imide groups is 1. The normalized spacial score (nSPS) is 19.2. The van der Waals surface area contributed by atoms with Crippen LogP contribution in [0.1, 0.15) is 58.6 Å². The minimum Gasteiger partial charge on any atom is -0.446 e. The van der Waals surface area contributed by atoms with E-state index >= 15 is 0 Å². The fraction of sp³-hybridized carbons (Fsp3) is 0.560. The van der Waals surface area contributed by atoms with Gasteiger partial charge in [0.1, 0.15) is 12.6 Å². The number of hydrogen-bond donors (Lipinski definition) is 0. The molecule has 1 aliphatic heterocycles. The molecule has 31 heavy (non-hydrogen) atoms. The van der Waals surface area contributed by atoms with Crippen molar-refractivity contribution >= 4 is 17.9 Å². The van der Waals surface area contributed by atoms with Crippen LogP contribution in [0.15, 0.2) is 42.5 Å². The lowest BCUT2D eigenvalue weighted by Crippen LogP contribution is -2.33. The van der Waals surface area contributed by atoms with Gasteiger partial charge in [-0.1, -0.05) is 64.1 Å². The third-order valence-corrected chi connectivity index (χ3v) is 6.00. The smallest absolute Gasteiger partial charge is 0.417 e. The van der Waals surface area contributed by atoms with Crippen molar-refractivity contribution in [2.75, 3.05) is 20.2 Å². The second-order valence-electron chi connectivity index (χ2n) is 8.75. The lowest BCUT2D eigenvalue weighted by Gasteiger charge is -2.23. The molecule has 0 unspecified atom stereocenters. The number of rotatable bonds is 10. The van der Waals surface area contributed by atoms with Crippen molar-refractivity contribution in [1.82, 2.24) is 9.80 Å². The van der Waals surface area contributed by atoms with Gasteiger partial charge in [-0.2, -0.15) is 0 Å². The fourth-order valence-electron chi connectivity index (χ4n) is 3.82. The Morgan fingerprint density at radius 1 is 1.23 bits per heavy atom. The zero-order valence-corrected chi connectivity index (χ0v) is 19.4. The van der Waals surface area contributed by atoms with Gasteiger partial charge in [-0.3, -0.25) is 9.59 Å². The highest BCUT2D eigenvalue weighted by Crippen LogP contribution is 2.28. The summed E-state index contributed by atoms with van der Waals surface area (Å²) >= 11 is 0. The predicted octanol–water partition coefficient (Wildman–Crippen LogP) is 4.82. The molecular weight excluding hydrogens is 392 g/mol. The molecule has 0 aliphatic carbocycles. The highest BCUT2D eigenvalue weighted by atomic mass is 16.6. The molecular formula is C25H36N2O4. The Bertz CT molecular complexity index is 777. The maximum atomic E-state index is 12.7. The molecule has 0 radical (unpaired) electrons. The number of hydrogen-bond acceptors (Lipinski definition) is 4. The molecule has 0 aromatic heterocycles. The molecule has 6 heteroatoms. The van der Waals surface area contributed by atoms with Crippen molar-refractivity contribution in [2.24, 2.45) is 17.8 Å². The SMILES string of the molecule is CC[C@@H](C)C(=O)N(C)CC[C@@H](C)C[C@@H](C)/C=C/C(=O)N1C(=O)OC[C@H]1c1ccccc1. The van der Waals surface area contributed by atoms with Crippen LogP contribution in [0.5, 0.6) is 0 Å². The summed E-state index contributed by atoms with van der Waals surface area (Å²) in [6.45, 7) is 9.13. The van der Waals surface area contributed by atoms with Crippen LogP contribution in [0.3, 0.4) is 0 Å². The summed E-state index contributed by atoms with van der Waals surface area (Å²) in [7, 11) is 1.86. The van der Waals surface area contributed by atoms with E-state index in [0.29, 0.717) is 5.92 Å². The fourth-order valence-corrected chi connectivity index (χ4v) is 3.82. The molecule has 1 heterocycles. The third kappa shape index (κ3) is 6.94. The van der Waals surface area contributed by atoms with Gasteiger partial charge in [-0.25, -0.2) is 9.69 Å². The van der Waals surface area contributed by atoms with Crippen LogP contribution in [0.2, 0.25) is 0 Å². The molecule has 3 amide bonds. The third-order valence-electron chi connectivity index (χ3n) is 6.00. The number of carbonyl (C=O) groups excluding carboxylic acids is 3. The Labute approximate surface area is 186 Å². The molecule has 1 aromatic carbocycles. The van der Waals surface area contributed by atoms with Crippen LogP contribution in [0.25, 0.3) is 0 Å². The van der Waals surface area contributed by atoms with E-state index in [0.717, 1.165) is 31.4 Å². The standard InChI is InChI=1S/C25H36N2O4/c1-6-20(4)24(29)26(5)15-14-19(3)16-18(2)12-13-23(28)27-22(17-31-25(27)30)21-10-8-7-9-11-21/h7-13,18-20,22H,6,14-17H2,1-5H3/b13-12+/t18-,19+,20+,22-/m0/s1. The van der Waals surface area contributed by atoms with Gasteiger partial charge in [-0.05, 0) is 42.7 Å². The second kappa shape index (κ2) is 11.7. The number of benzene rings is 1. The molecule has 170 valence electrons. The summed E-state index contributed by atoms with van der Waals surface area (Å²) < 4.78 is 5.12. The molecule has 0 bridgehead atoms. The van der Waals surface area contributed by atoms with Crippen LogP contribution < -0.4 is 0 Å². The Hall–Kier alpha value is -2.63. The van der Waals surface area contributed by atoms with Crippen molar-refractivity contribution in [3.05, 3.63) is 48.0 Å². The van der Waals surface area contributed by atoms with Crippen molar-refractivity contribution in [2.45, 2.75) is 53.0 Å². The molecule has 0 saturated carbocycles. The first-order valence-electron chi connectivity index (χ1n) is 11.2. The maximum absolute atomic E-state index is 12.7. The lowest BCUT2D eigenvalue weighted by atomic mass is 9.94. The number of ether oxygens (including phenoxy) is 1. The van der Waals surface area contributed by atoms with E-state index in [4.69, 9.17) is 4.74 Å². The largest absolute Gasteiger partial charge is 0.446 e. The molecule has 6 nitrogen and oxygen atoms in total. The van der Waals surface area contributed by atoms with E-state index in [1.54, 1.807) is 0 Å². The summed E-state index contributed by atoms with van der Waals surface area (Å²) in [5.41, 5.74) is 0.882. The molecule has 1 fully saturated rings. The maximum Gasteiger partial charge on any atom is 0.417 e. The highest BCUT2D eigenvalue weighted by molar-refractivity contribution is 5.99. The van der Waals surface area contributed by atoms with Crippen LogP contribution in [0, 0.1) is 17.8 Å². The summed E-state index contributed by atoms with van der Waals surface area (Å²) in [6.07, 6.45) is 5.42. The monoisotopic (exact) mass is 428 g/mol. The van der Waals surface area contributed by atoms with Crippen molar-refractivity contribution < 1.29 is 19.1 Å². The van der Waals surface area contributed by atoms with Gasteiger partial charge in [0.2, 0.25) is 5.91 Å². The average molecular weight is 429 g/mol. The van der Waals surface area contributed by atoms with E-state index < -0.39 is 12.1 Å². The van der Waals surface area contributed by atoms with Gasteiger partial charge in [0.05, 0.1) is 0 Å². The molecule has 2 rings (SSSR count). The first kappa shape index (κ1) is 24.6. The quantitative estimate of drug-likeness (QED) is 0.501. The average Bonchev–Trinajstić information content (AvgIpc) is 3.16. The Balaban J connectivity index is 1.86. The van der Waals surface area contributed by atoms with Gasteiger partial charge in [0, 0.05) is 19.5 Å². The molecule has 0 N–H and O–H groups in total. The van der Waals surface area contributed by atoms with Crippen molar-refractivity contribution in [1.29, 1.82) is 0 Å². The van der Waals surface area contributed by atoms with Crippen molar-refractivity contribution in [3.63, 3.8) is 0 Å². The summed E-state index contributed by atoms with van der Waals surface area (Å²) in [4.78, 5) is 40.0. The lowest BCUT2D eigenvalue weighted by molar-refractivity contribution is -0.133. The van der Waals surface area contributed by atoms with Gasteiger partial charge >= 0.3 is 6.09 Å². The van der Waals surface area contributed by atoms with Crippen LogP contribution in [-0.4, -0.2) is 47.9 Å². The van der Waals surface area contributed by atoms with Gasteiger partial charge in [0.15, 0.2) is 0 Å². The zero-order valence-electron chi connectivity index (χ0n) is 19.4. The highest BCUT2D eigenvalue weighted by Gasteiger charge is 2.37. The topological polar surface area (TPSA) is 66.9 Å². The van der Waals surface area contributed by atoms with E-state index in [9.17, 15) is 14.4 Å². The minimum atomic E-state index is -0.599. The molecule has 0 spiro atoms. The number of allylic oxidation sites excluding steroid dienone is 1. The van der Waals surface area contributed by atoms with Gasteiger partial charge < -0.3 is 9.64 Å². The molecule has 4 atom stereocenters. The van der Waals surface area contributed by atoms with E-state index in [1.807, 2.05) is 62.2 Å².